The fourth-order valence-corrected chi connectivity index (χ4v) is 4.22. The molecular weight excluding hydrogens is 356 g/mol. The van der Waals surface area contributed by atoms with E-state index in [0.717, 1.165) is 25.7 Å². The number of carbonyl (C=O) groups is 4. The standard InChI is InChI=1S/C22H20N2O4/c1-2-3-10-23-19(25)13-6-8-15-18-16(9-7-14(17(13)18)20(23)26)22(28)24(21(15)27)11-12-4-5-12/h6-9,12H,2-5,10-11H2,1H3. The molecule has 5 rings (SSSR count). The van der Waals surface area contributed by atoms with Gasteiger partial charge in [0.2, 0.25) is 0 Å². The van der Waals surface area contributed by atoms with Crippen LogP contribution in [0.5, 0.6) is 0 Å². The minimum Gasteiger partial charge on any atom is -0.274 e. The smallest absolute Gasteiger partial charge is 0.261 e. The summed E-state index contributed by atoms with van der Waals surface area (Å²) in [7, 11) is 0. The van der Waals surface area contributed by atoms with Gasteiger partial charge in [0.15, 0.2) is 0 Å². The molecule has 0 unspecified atom stereocenters. The van der Waals surface area contributed by atoms with Crippen molar-refractivity contribution in [3.05, 3.63) is 46.5 Å². The number of amides is 4. The lowest BCUT2D eigenvalue weighted by Gasteiger charge is -2.32. The highest BCUT2D eigenvalue weighted by Gasteiger charge is 2.40. The van der Waals surface area contributed by atoms with Crippen molar-refractivity contribution in [2.24, 2.45) is 5.92 Å². The van der Waals surface area contributed by atoms with Gasteiger partial charge in [0.1, 0.15) is 0 Å². The second-order valence-electron chi connectivity index (χ2n) is 7.85. The first-order valence-corrected chi connectivity index (χ1v) is 9.85. The normalized spacial score (nSPS) is 18.5. The van der Waals surface area contributed by atoms with E-state index < -0.39 is 0 Å². The third-order valence-corrected chi connectivity index (χ3v) is 5.94. The van der Waals surface area contributed by atoms with E-state index in [1.807, 2.05) is 6.92 Å². The van der Waals surface area contributed by atoms with Crippen LogP contribution in [0.4, 0.5) is 0 Å². The van der Waals surface area contributed by atoms with Crippen LogP contribution in [0.1, 0.15) is 74.0 Å². The quantitative estimate of drug-likeness (QED) is 0.751. The summed E-state index contributed by atoms with van der Waals surface area (Å²) in [5.74, 6) is -0.981. The van der Waals surface area contributed by atoms with Gasteiger partial charge in [-0.15, -0.1) is 0 Å². The molecular formula is C22H20N2O4. The van der Waals surface area contributed by atoms with Gasteiger partial charge < -0.3 is 0 Å². The van der Waals surface area contributed by atoms with Crippen LogP contribution < -0.4 is 0 Å². The molecule has 142 valence electrons. The van der Waals surface area contributed by atoms with Crippen LogP contribution in [-0.4, -0.2) is 46.5 Å². The number of benzene rings is 2. The zero-order valence-electron chi connectivity index (χ0n) is 15.7. The van der Waals surface area contributed by atoms with Crippen LogP contribution in [0.3, 0.4) is 0 Å². The highest BCUT2D eigenvalue weighted by atomic mass is 16.2. The Kier molecular flexibility index (Phi) is 3.66. The van der Waals surface area contributed by atoms with Crippen molar-refractivity contribution < 1.29 is 19.2 Å². The van der Waals surface area contributed by atoms with E-state index in [-0.39, 0.29) is 23.6 Å². The topological polar surface area (TPSA) is 74.8 Å². The summed E-state index contributed by atoms with van der Waals surface area (Å²) in [6.45, 7) is 2.80. The van der Waals surface area contributed by atoms with Gasteiger partial charge in [-0.25, -0.2) is 0 Å². The number of nitrogens with zero attached hydrogens (tertiary/aromatic N) is 2. The van der Waals surface area contributed by atoms with E-state index in [1.54, 1.807) is 24.3 Å². The van der Waals surface area contributed by atoms with E-state index >= 15 is 0 Å². The van der Waals surface area contributed by atoms with Crippen molar-refractivity contribution in [2.45, 2.75) is 32.6 Å². The Morgan fingerprint density at radius 1 is 0.750 bits per heavy atom. The Hall–Kier alpha value is -3.02. The molecule has 28 heavy (non-hydrogen) atoms. The van der Waals surface area contributed by atoms with Gasteiger partial charge in [0, 0.05) is 46.1 Å². The molecule has 6 nitrogen and oxygen atoms in total. The first-order valence-electron chi connectivity index (χ1n) is 9.85. The average Bonchev–Trinajstić information content (AvgIpc) is 3.52. The third-order valence-electron chi connectivity index (χ3n) is 5.94. The van der Waals surface area contributed by atoms with Crippen molar-refractivity contribution in [1.29, 1.82) is 0 Å². The molecule has 0 bridgehead atoms. The highest BCUT2D eigenvalue weighted by molar-refractivity contribution is 6.33. The first-order chi connectivity index (χ1) is 13.5. The lowest BCUT2D eigenvalue weighted by Crippen LogP contribution is -2.44. The number of unbranched alkanes of at least 4 members (excludes halogenated alkanes) is 1. The summed E-state index contributed by atoms with van der Waals surface area (Å²) in [6.07, 6.45) is 3.68. The predicted molar refractivity (Wildman–Crippen MR) is 102 cm³/mol. The molecule has 0 N–H and O–H groups in total. The lowest BCUT2D eigenvalue weighted by molar-refractivity contribution is 0.0584. The lowest BCUT2D eigenvalue weighted by atomic mass is 9.86. The molecule has 6 heteroatoms. The van der Waals surface area contributed by atoms with Crippen molar-refractivity contribution in [3.63, 3.8) is 0 Å². The highest BCUT2D eigenvalue weighted by Crippen LogP contribution is 2.39. The molecule has 2 aliphatic heterocycles. The van der Waals surface area contributed by atoms with Gasteiger partial charge in [0.25, 0.3) is 23.6 Å². The van der Waals surface area contributed by atoms with Crippen molar-refractivity contribution in [2.75, 3.05) is 13.1 Å². The third kappa shape index (κ3) is 2.27. The minimum absolute atomic E-state index is 0.332. The Morgan fingerprint density at radius 3 is 1.57 bits per heavy atom. The van der Waals surface area contributed by atoms with Gasteiger partial charge in [-0.2, -0.15) is 0 Å². The number of rotatable bonds is 5. The summed E-state index contributed by atoms with van der Waals surface area (Å²) in [4.78, 5) is 54.5. The molecule has 2 aromatic carbocycles. The largest absolute Gasteiger partial charge is 0.274 e. The molecule has 0 atom stereocenters. The van der Waals surface area contributed by atoms with Gasteiger partial charge in [0.05, 0.1) is 0 Å². The Balaban J connectivity index is 1.69. The van der Waals surface area contributed by atoms with E-state index in [1.165, 1.54) is 9.80 Å². The molecule has 3 aliphatic rings. The van der Waals surface area contributed by atoms with Crippen LogP contribution in [0.15, 0.2) is 24.3 Å². The molecule has 1 fully saturated rings. The SMILES string of the molecule is CCCCN1C(=O)c2ccc3c4c(ccc(c24)C1=O)C(=O)N(CC1CC1)C3=O. The van der Waals surface area contributed by atoms with E-state index in [4.69, 9.17) is 0 Å². The monoisotopic (exact) mass is 376 g/mol. The van der Waals surface area contributed by atoms with Gasteiger partial charge >= 0.3 is 0 Å². The summed E-state index contributed by atoms with van der Waals surface area (Å²) in [5, 5.41) is 0.902. The minimum atomic E-state index is -0.352. The van der Waals surface area contributed by atoms with Crippen LogP contribution >= 0.6 is 0 Å². The van der Waals surface area contributed by atoms with Crippen molar-refractivity contribution in [3.8, 4) is 0 Å². The van der Waals surface area contributed by atoms with Crippen LogP contribution in [0, 0.1) is 5.92 Å². The van der Waals surface area contributed by atoms with Crippen molar-refractivity contribution in [1.82, 2.24) is 9.80 Å². The number of hydrogen-bond acceptors (Lipinski definition) is 4. The van der Waals surface area contributed by atoms with Crippen LogP contribution in [0.25, 0.3) is 10.8 Å². The van der Waals surface area contributed by atoms with Crippen molar-refractivity contribution >= 4 is 34.4 Å². The van der Waals surface area contributed by atoms with Gasteiger partial charge in [-0.3, -0.25) is 29.0 Å². The van der Waals surface area contributed by atoms with Crippen LogP contribution in [0.2, 0.25) is 0 Å². The summed E-state index contributed by atoms with van der Waals surface area (Å²) in [6, 6.07) is 6.51. The maximum atomic E-state index is 13.0. The summed E-state index contributed by atoms with van der Waals surface area (Å²) >= 11 is 0. The second-order valence-corrected chi connectivity index (χ2v) is 7.85. The number of hydrogen-bond donors (Lipinski definition) is 0. The summed E-state index contributed by atoms with van der Waals surface area (Å²) in [5.41, 5.74) is 1.59. The molecule has 4 amide bonds. The maximum Gasteiger partial charge on any atom is 0.261 e. The average molecular weight is 376 g/mol. The zero-order valence-corrected chi connectivity index (χ0v) is 15.7. The predicted octanol–water partition coefficient (Wildman–Crippen LogP) is 3.24. The molecule has 0 spiro atoms. The van der Waals surface area contributed by atoms with E-state index in [2.05, 4.69) is 0 Å². The second kappa shape index (κ2) is 5.99. The number of carbonyl (C=O) groups excluding carboxylic acids is 4. The van der Waals surface area contributed by atoms with E-state index in [0.29, 0.717) is 52.0 Å². The maximum absolute atomic E-state index is 13.0. The molecule has 0 radical (unpaired) electrons. The molecule has 1 saturated carbocycles. The molecule has 1 aliphatic carbocycles. The molecule has 0 aromatic heterocycles. The molecule has 0 saturated heterocycles. The Morgan fingerprint density at radius 2 is 1.18 bits per heavy atom. The van der Waals surface area contributed by atoms with E-state index in [9.17, 15) is 19.2 Å². The van der Waals surface area contributed by atoms with Gasteiger partial charge in [-0.05, 0) is 49.4 Å². The first kappa shape index (κ1) is 17.1. The molecule has 2 aromatic rings. The number of imide groups is 2. The van der Waals surface area contributed by atoms with Crippen LogP contribution in [-0.2, 0) is 0 Å². The summed E-state index contributed by atoms with van der Waals surface area (Å²) < 4.78 is 0. The molecule has 2 heterocycles. The Bertz CT molecular complexity index is 1010. The van der Waals surface area contributed by atoms with Gasteiger partial charge in [-0.1, -0.05) is 13.3 Å². The zero-order chi connectivity index (χ0) is 19.6. The Labute approximate surface area is 162 Å². The fraction of sp³-hybridized carbons (Fsp3) is 0.364. The fourth-order valence-electron chi connectivity index (χ4n) is 4.22.